The van der Waals surface area contributed by atoms with Gasteiger partial charge in [-0.25, -0.2) is 8.42 Å². The first-order chi connectivity index (χ1) is 10.4. The molecule has 0 saturated heterocycles. The molecule has 0 fully saturated rings. The van der Waals surface area contributed by atoms with Gasteiger partial charge in [-0.2, -0.15) is 0 Å². The molecule has 126 valence electrons. The highest BCUT2D eigenvalue weighted by molar-refractivity contribution is 7.92. The van der Waals surface area contributed by atoms with Crippen LogP contribution >= 0.6 is 0 Å². The highest BCUT2D eigenvalue weighted by atomic mass is 32.2. The summed E-state index contributed by atoms with van der Waals surface area (Å²) < 4.78 is 25.3. The molecule has 1 rings (SSSR count). The van der Waals surface area contributed by atoms with Crippen LogP contribution in [0.3, 0.4) is 0 Å². The number of carbonyl (C=O) groups is 1. The molecule has 0 atom stereocenters. The molecule has 2 N–H and O–H groups in total. The fraction of sp³-hybridized carbons (Fsp3) is 0.500. The zero-order chi connectivity index (χ0) is 18.0. The lowest BCUT2D eigenvalue weighted by molar-refractivity contribution is -0.123. The molecule has 1 amide bonds. The predicted molar refractivity (Wildman–Crippen MR) is 91.3 cm³/mol. The number of nitrogens with one attached hydrogen (secondary N) is 2. The highest BCUT2D eigenvalue weighted by Gasteiger charge is 2.23. The summed E-state index contributed by atoms with van der Waals surface area (Å²) in [5.41, 5.74) is 10.1. The molecule has 1 aromatic carbocycles. The quantitative estimate of drug-likeness (QED) is 0.494. The van der Waals surface area contributed by atoms with Crippen molar-refractivity contribution >= 4 is 33.0 Å². The van der Waals surface area contributed by atoms with Crippen LogP contribution in [0.2, 0.25) is 0 Å². The molecule has 0 unspecified atom stereocenters. The van der Waals surface area contributed by atoms with E-state index in [1.807, 2.05) is 0 Å². The van der Waals surface area contributed by atoms with Gasteiger partial charge in [0.05, 0.1) is 17.6 Å². The van der Waals surface area contributed by atoms with Crippen LogP contribution in [0.5, 0.6) is 0 Å². The molecule has 0 saturated carbocycles. The second-order valence-electron chi connectivity index (χ2n) is 6.34. The van der Waals surface area contributed by atoms with Gasteiger partial charge in [-0.3, -0.25) is 9.52 Å². The lowest BCUT2D eigenvalue weighted by Crippen LogP contribution is -2.28. The summed E-state index contributed by atoms with van der Waals surface area (Å²) in [6.07, 6.45) is 1.01. The minimum Gasteiger partial charge on any atom is -0.325 e. The van der Waals surface area contributed by atoms with Crippen LogP contribution in [-0.4, -0.2) is 20.6 Å². The Hall–Kier alpha value is -2.25. The molecule has 0 aliphatic rings. The average molecular weight is 339 g/mol. The van der Waals surface area contributed by atoms with E-state index in [1.165, 1.54) is 6.07 Å². The topological polar surface area (TPSA) is 124 Å². The second kappa shape index (κ2) is 6.47. The molecule has 0 bridgehead atoms. The van der Waals surface area contributed by atoms with Crippen molar-refractivity contribution in [1.82, 2.24) is 0 Å². The number of benzene rings is 1. The van der Waals surface area contributed by atoms with Gasteiger partial charge >= 0.3 is 0 Å². The van der Waals surface area contributed by atoms with Crippen LogP contribution in [0.4, 0.5) is 17.1 Å². The van der Waals surface area contributed by atoms with Gasteiger partial charge in [-0.15, -0.1) is 0 Å². The maximum Gasteiger partial charge on any atom is 0.229 e. The van der Waals surface area contributed by atoms with Gasteiger partial charge in [0.15, 0.2) is 0 Å². The molecule has 0 spiro atoms. The molecular formula is C14H21N5O3S. The molecule has 8 nitrogen and oxygen atoms in total. The number of azide groups is 1. The average Bonchev–Trinajstić information content (AvgIpc) is 2.38. The molecule has 0 aromatic heterocycles. The van der Waals surface area contributed by atoms with Gasteiger partial charge in [0.25, 0.3) is 0 Å². The van der Waals surface area contributed by atoms with Crippen molar-refractivity contribution in [3.05, 3.63) is 27.6 Å². The Bertz CT molecular complexity index is 788. The van der Waals surface area contributed by atoms with E-state index in [2.05, 4.69) is 20.1 Å². The Kier molecular flexibility index (Phi) is 5.29. The summed E-state index contributed by atoms with van der Waals surface area (Å²) in [5, 5.41) is 6.31. The van der Waals surface area contributed by atoms with Gasteiger partial charge < -0.3 is 5.32 Å². The Balaban J connectivity index is 3.48. The van der Waals surface area contributed by atoms with E-state index >= 15 is 0 Å². The summed E-state index contributed by atoms with van der Waals surface area (Å²) in [6.45, 7) is 8.77. The molecule has 0 aliphatic heterocycles. The number of amides is 1. The van der Waals surface area contributed by atoms with Gasteiger partial charge in [-0.1, -0.05) is 25.9 Å². The number of hydrogen-bond donors (Lipinski definition) is 2. The predicted octanol–water partition coefficient (Wildman–Crippen LogP) is 3.60. The summed E-state index contributed by atoms with van der Waals surface area (Å²) in [7, 11) is -3.54. The van der Waals surface area contributed by atoms with E-state index in [-0.39, 0.29) is 17.3 Å². The molecule has 0 radical (unpaired) electrons. The monoisotopic (exact) mass is 339 g/mol. The van der Waals surface area contributed by atoms with Crippen molar-refractivity contribution in [1.29, 1.82) is 0 Å². The Morgan fingerprint density at radius 2 is 1.83 bits per heavy atom. The van der Waals surface area contributed by atoms with Gasteiger partial charge in [-0.05, 0) is 36.6 Å². The molecule has 9 heteroatoms. The van der Waals surface area contributed by atoms with E-state index in [9.17, 15) is 13.2 Å². The largest absolute Gasteiger partial charge is 0.325 e. The zero-order valence-corrected chi connectivity index (χ0v) is 14.9. The van der Waals surface area contributed by atoms with Crippen LogP contribution in [0.15, 0.2) is 11.2 Å². The van der Waals surface area contributed by atoms with Crippen molar-refractivity contribution in [2.75, 3.05) is 16.3 Å². The summed E-state index contributed by atoms with van der Waals surface area (Å²) in [4.78, 5) is 14.9. The molecular weight excluding hydrogens is 318 g/mol. The van der Waals surface area contributed by atoms with Gasteiger partial charge in [0.1, 0.15) is 0 Å². The number of carbonyl (C=O) groups excluding carboxylic acids is 1. The maximum atomic E-state index is 12.2. The normalized spacial score (nSPS) is 11.6. The second-order valence-corrected chi connectivity index (χ2v) is 8.08. The zero-order valence-electron chi connectivity index (χ0n) is 14.1. The van der Waals surface area contributed by atoms with Crippen LogP contribution in [0.25, 0.3) is 10.4 Å². The number of nitrogens with zero attached hydrogens (tertiary/aromatic N) is 3. The van der Waals surface area contributed by atoms with E-state index in [1.54, 1.807) is 34.6 Å². The lowest BCUT2D eigenvalue weighted by Gasteiger charge is -2.21. The standard InChI is InChI=1S/C14H21N5O3S/c1-8-9(2)12(18-23(6,21)22)11(17-19-15)7-10(8)16-13(20)14(3,4)5/h7,18H,1-6H3,(H,16,20). The van der Waals surface area contributed by atoms with Crippen LogP contribution in [0.1, 0.15) is 31.9 Å². The van der Waals surface area contributed by atoms with E-state index in [0.29, 0.717) is 16.8 Å². The van der Waals surface area contributed by atoms with Gasteiger partial charge in [0.2, 0.25) is 15.9 Å². The smallest absolute Gasteiger partial charge is 0.229 e. The number of sulfonamides is 1. The van der Waals surface area contributed by atoms with E-state index in [0.717, 1.165) is 6.26 Å². The number of hydrogen-bond acceptors (Lipinski definition) is 4. The third kappa shape index (κ3) is 4.87. The van der Waals surface area contributed by atoms with Crippen molar-refractivity contribution in [2.24, 2.45) is 10.5 Å². The lowest BCUT2D eigenvalue weighted by atomic mass is 9.95. The third-order valence-electron chi connectivity index (χ3n) is 3.25. The Labute approximate surface area is 136 Å². The summed E-state index contributed by atoms with van der Waals surface area (Å²) in [6, 6.07) is 1.46. The first-order valence-electron chi connectivity index (χ1n) is 6.85. The van der Waals surface area contributed by atoms with Crippen molar-refractivity contribution in [2.45, 2.75) is 34.6 Å². The Morgan fingerprint density at radius 1 is 1.26 bits per heavy atom. The van der Waals surface area contributed by atoms with Crippen LogP contribution in [0, 0.1) is 19.3 Å². The molecule has 23 heavy (non-hydrogen) atoms. The molecule has 1 aromatic rings. The summed E-state index contributed by atoms with van der Waals surface area (Å²) >= 11 is 0. The van der Waals surface area contributed by atoms with Crippen molar-refractivity contribution < 1.29 is 13.2 Å². The van der Waals surface area contributed by atoms with Gasteiger partial charge in [0, 0.05) is 16.0 Å². The highest BCUT2D eigenvalue weighted by Crippen LogP contribution is 2.37. The number of anilines is 2. The Morgan fingerprint density at radius 3 is 2.26 bits per heavy atom. The van der Waals surface area contributed by atoms with Crippen molar-refractivity contribution in [3.63, 3.8) is 0 Å². The van der Waals surface area contributed by atoms with E-state index < -0.39 is 15.4 Å². The van der Waals surface area contributed by atoms with Crippen molar-refractivity contribution in [3.8, 4) is 0 Å². The van der Waals surface area contributed by atoms with Crippen LogP contribution < -0.4 is 10.0 Å². The third-order valence-corrected chi connectivity index (χ3v) is 3.82. The fourth-order valence-corrected chi connectivity index (χ4v) is 2.41. The maximum absolute atomic E-state index is 12.2. The minimum atomic E-state index is -3.54. The number of rotatable bonds is 4. The molecule has 0 aliphatic carbocycles. The molecule has 0 heterocycles. The summed E-state index contributed by atoms with van der Waals surface area (Å²) in [5.74, 6) is -0.198. The van der Waals surface area contributed by atoms with E-state index in [4.69, 9.17) is 5.53 Å². The minimum absolute atomic E-state index is 0.102. The van der Waals surface area contributed by atoms with Crippen LogP contribution in [-0.2, 0) is 14.8 Å². The fourth-order valence-electron chi connectivity index (χ4n) is 1.78. The SMILES string of the molecule is Cc1c(NC(=O)C(C)(C)C)cc(N=[N+]=[N-])c(NS(C)(=O)=O)c1C. The first-order valence-corrected chi connectivity index (χ1v) is 8.74. The first kappa shape index (κ1) is 18.8.